The van der Waals surface area contributed by atoms with Crippen LogP contribution in [-0.4, -0.2) is 50.6 Å². The van der Waals surface area contributed by atoms with Crippen molar-refractivity contribution < 1.29 is 31.9 Å². The first-order chi connectivity index (χ1) is 18.3. The Balaban J connectivity index is 1.59. The molecule has 1 amide bonds. The molecule has 198 valence electrons. The van der Waals surface area contributed by atoms with Crippen LogP contribution in [0.15, 0.2) is 52.1 Å². The molecular weight excluding hydrogens is 514 g/mol. The first-order valence-electron chi connectivity index (χ1n) is 11.2. The molecule has 0 bridgehead atoms. The van der Waals surface area contributed by atoms with Gasteiger partial charge in [-0.1, -0.05) is 11.1 Å². The number of rotatable bonds is 10. The highest BCUT2D eigenvalue weighted by Gasteiger charge is 2.25. The standard InChI is InChI=1S/C25H25N5O7S/c1-5-6-23(31)26-12-17-13-27-30(15-17)14-16-9-20(36-4)24-21(10-16)37-28-25(24)29-38(32,33)22-11-18(34-2)7-8-19(22)35-3/h7-11,13,15H,12,14H2,1-4H3,(H,26,31)(H,28,29). The Morgan fingerprint density at radius 3 is 2.58 bits per heavy atom. The summed E-state index contributed by atoms with van der Waals surface area (Å²) in [5.41, 5.74) is 1.88. The average molecular weight is 540 g/mol. The molecule has 0 aliphatic carbocycles. The molecule has 0 aliphatic rings. The van der Waals surface area contributed by atoms with E-state index in [1.165, 1.54) is 33.5 Å². The van der Waals surface area contributed by atoms with Crippen molar-refractivity contribution >= 4 is 32.7 Å². The zero-order valence-electron chi connectivity index (χ0n) is 21.1. The molecule has 4 aromatic rings. The minimum absolute atomic E-state index is 0.0411. The molecule has 4 rings (SSSR count). The first kappa shape index (κ1) is 26.4. The van der Waals surface area contributed by atoms with Crippen molar-refractivity contribution in [3.8, 4) is 29.1 Å². The number of hydrogen-bond donors (Lipinski definition) is 2. The highest BCUT2D eigenvalue weighted by Crippen LogP contribution is 2.36. The first-order valence-corrected chi connectivity index (χ1v) is 12.7. The van der Waals surface area contributed by atoms with Gasteiger partial charge in [0.15, 0.2) is 11.4 Å². The number of amides is 1. The largest absolute Gasteiger partial charge is 0.497 e. The number of benzene rings is 2. The van der Waals surface area contributed by atoms with E-state index in [1.54, 1.807) is 42.2 Å². The molecule has 2 aromatic heterocycles. The number of fused-ring (bicyclic) bond motifs is 1. The summed E-state index contributed by atoms with van der Waals surface area (Å²) < 4.78 is 51.9. The van der Waals surface area contributed by atoms with Crippen LogP contribution < -0.4 is 24.2 Å². The van der Waals surface area contributed by atoms with E-state index >= 15 is 0 Å². The van der Waals surface area contributed by atoms with Crippen LogP contribution in [0.3, 0.4) is 0 Å². The van der Waals surface area contributed by atoms with Gasteiger partial charge in [0.2, 0.25) is 0 Å². The van der Waals surface area contributed by atoms with Gasteiger partial charge < -0.3 is 24.1 Å². The summed E-state index contributed by atoms with van der Waals surface area (Å²) in [7, 11) is 0.135. The van der Waals surface area contributed by atoms with E-state index in [2.05, 4.69) is 32.1 Å². The topological polar surface area (TPSA) is 147 Å². The molecule has 2 aromatic carbocycles. The van der Waals surface area contributed by atoms with Crippen LogP contribution in [0.4, 0.5) is 5.82 Å². The van der Waals surface area contributed by atoms with E-state index in [9.17, 15) is 13.2 Å². The Labute approximate surface area is 218 Å². The maximum Gasteiger partial charge on any atom is 0.296 e. The van der Waals surface area contributed by atoms with Gasteiger partial charge in [-0.05, 0) is 42.7 Å². The Kier molecular flexibility index (Phi) is 7.73. The highest BCUT2D eigenvalue weighted by molar-refractivity contribution is 7.92. The molecule has 0 saturated heterocycles. The lowest BCUT2D eigenvalue weighted by atomic mass is 10.1. The zero-order chi connectivity index (χ0) is 27.3. The summed E-state index contributed by atoms with van der Waals surface area (Å²) in [4.78, 5) is 11.4. The van der Waals surface area contributed by atoms with Crippen molar-refractivity contribution in [3.63, 3.8) is 0 Å². The predicted molar refractivity (Wildman–Crippen MR) is 138 cm³/mol. The number of carbonyl (C=O) groups excluding carboxylic acids is 1. The summed E-state index contributed by atoms with van der Waals surface area (Å²) in [5, 5.41) is 11.3. The number of ether oxygens (including phenoxy) is 3. The third-order valence-corrected chi connectivity index (χ3v) is 6.79. The lowest BCUT2D eigenvalue weighted by Crippen LogP contribution is -2.20. The van der Waals surface area contributed by atoms with Gasteiger partial charge in [-0.25, -0.2) is 8.42 Å². The normalized spacial score (nSPS) is 10.9. The third kappa shape index (κ3) is 5.65. The molecule has 2 heterocycles. The molecule has 0 fully saturated rings. The van der Waals surface area contributed by atoms with E-state index < -0.39 is 10.0 Å². The zero-order valence-corrected chi connectivity index (χ0v) is 21.9. The second-order valence-corrected chi connectivity index (χ2v) is 9.58. The van der Waals surface area contributed by atoms with Crippen molar-refractivity contribution in [2.24, 2.45) is 0 Å². The molecule has 0 saturated carbocycles. The number of nitrogens with zero attached hydrogens (tertiary/aromatic N) is 3. The fraction of sp³-hybridized carbons (Fsp3) is 0.240. The van der Waals surface area contributed by atoms with E-state index in [0.29, 0.717) is 35.6 Å². The maximum absolute atomic E-state index is 13.2. The Hall–Kier alpha value is -4.70. The molecule has 0 radical (unpaired) electrons. The van der Waals surface area contributed by atoms with Crippen LogP contribution in [0.2, 0.25) is 0 Å². The molecule has 12 nitrogen and oxygen atoms in total. The number of hydrogen-bond acceptors (Lipinski definition) is 9. The van der Waals surface area contributed by atoms with Crippen LogP contribution in [0, 0.1) is 11.8 Å². The Morgan fingerprint density at radius 2 is 1.87 bits per heavy atom. The van der Waals surface area contributed by atoms with Crippen molar-refractivity contribution in [2.75, 3.05) is 26.1 Å². The lowest BCUT2D eigenvalue weighted by molar-refractivity contribution is -0.115. The molecule has 0 spiro atoms. The molecule has 0 unspecified atom stereocenters. The molecule has 0 aliphatic heterocycles. The van der Waals surface area contributed by atoms with E-state index in [-0.39, 0.29) is 22.4 Å². The van der Waals surface area contributed by atoms with Crippen LogP contribution in [0.1, 0.15) is 18.1 Å². The Morgan fingerprint density at radius 1 is 1.08 bits per heavy atom. The number of nitrogens with one attached hydrogen (secondary N) is 2. The average Bonchev–Trinajstić information content (AvgIpc) is 3.53. The molecule has 38 heavy (non-hydrogen) atoms. The van der Waals surface area contributed by atoms with Crippen molar-refractivity contribution in [2.45, 2.75) is 24.9 Å². The number of sulfonamides is 1. The highest BCUT2D eigenvalue weighted by atomic mass is 32.2. The van der Waals surface area contributed by atoms with Gasteiger partial charge in [-0.3, -0.25) is 14.2 Å². The molecule has 13 heteroatoms. The fourth-order valence-corrected chi connectivity index (χ4v) is 4.89. The smallest absolute Gasteiger partial charge is 0.296 e. The van der Waals surface area contributed by atoms with Gasteiger partial charge in [-0.2, -0.15) is 5.10 Å². The van der Waals surface area contributed by atoms with Gasteiger partial charge in [-0.15, -0.1) is 0 Å². The van der Waals surface area contributed by atoms with Gasteiger partial charge >= 0.3 is 0 Å². The summed E-state index contributed by atoms with van der Waals surface area (Å²) in [6.07, 6.45) is 3.43. The minimum Gasteiger partial charge on any atom is -0.497 e. The maximum atomic E-state index is 13.2. The minimum atomic E-state index is -4.13. The number of carbonyl (C=O) groups is 1. The van der Waals surface area contributed by atoms with Gasteiger partial charge in [0.25, 0.3) is 15.9 Å². The van der Waals surface area contributed by atoms with Crippen molar-refractivity contribution in [3.05, 3.63) is 53.9 Å². The molecule has 2 N–H and O–H groups in total. The number of methoxy groups -OCH3 is 3. The lowest BCUT2D eigenvalue weighted by Gasteiger charge is -2.12. The van der Waals surface area contributed by atoms with Crippen molar-refractivity contribution in [1.82, 2.24) is 20.3 Å². The summed E-state index contributed by atoms with van der Waals surface area (Å²) in [6, 6.07) is 7.89. The number of aromatic nitrogens is 3. The second kappa shape index (κ2) is 11.1. The quantitative estimate of drug-likeness (QED) is 0.290. The van der Waals surface area contributed by atoms with Crippen molar-refractivity contribution in [1.29, 1.82) is 0 Å². The van der Waals surface area contributed by atoms with Gasteiger partial charge in [0, 0.05) is 24.4 Å². The second-order valence-electron chi connectivity index (χ2n) is 7.93. The van der Waals surface area contributed by atoms with E-state index in [4.69, 9.17) is 18.7 Å². The third-order valence-electron chi connectivity index (χ3n) is 5.43. The van der Waals surface area contributed by atoms with Gasteiger partial charge in [0.05, 0.1) is 34.1 Å². The monoisotopic (exact) mass is 539 g/mol. The predicted octanol–water partition coefficient (Wildman–Crippen LogP) is 2.54. The van der Waals surface area contributed by atoms with E-state index in [0.717, 1.165) is 11.1 Å². The SMILES string of the molecule is CC#CC(=O)NCc1cnn(Cc2cc(OC)c3c(NS(=O)(=O)c4cc(OC)ccc4OC)noc3c2)c1. The summed E-state index contributed by atoms with van der Waals surface area (Å²) >= 11 is 0. The van der Waals surface area contributed by atoms with Crippen LogP contribution >= 0.6 is 0 Å². The summed E-state index contributed by atoms with van der Waals surface area (Å²) in [6.45, 7) is 2.24. The Bertz CT molecular complexity index is 1650. The molecule has 0 atom stereocenters. The summed E-state index contributed by atoms with van der Waals surface area (Å²) in [5.74, 6) is 5.39. The van der Waals surface area contributed by atoms with E-state index in [1.807, 2.05) is 0 Å². The number of anilines is 1. The van der Waals surface area contributed by atoms with Crippen LogP contribution in [0.25, 0.3) is 11.0 Å². The molecular formula is C25H25N5O7S. The van der Waals surface area contributed by atoms with Crippen LogP contribution in [0.5, 0.6) is 17.2 Å². The fourth-order valence-electron chi connectivity index (χ4n) is 3.70. The van der Waals surface area contributed by atoms with Gasteiger partial charge in [0.1, 0.15) is 27.5 Å². The van der Waals surface area contributed by atoms with Crippen LogP contribution in [-0.2, 0) is 27.9 Å².